The van der Waals surface area contributed by atoms with Gasteiger partial charge in [0.25, 0.3) is 0 Å². The van der Waals surface area contributed by atoms with Crippen LogP contribution in [0.2, 0.25) is 0 Å². The van der Waals surface area contributed by atoms with Gasteiger partial charge in [0.15, 0.2) is 0 Å². The van der Waals surface area contributed by atoms with Crippen LogP contribution in [0.5, 0.6) is 0 Å². The number of imidazole rings is 1. The number of para-hydroxylation sites is 2. The Balaban J connectivity index is 2.31. The number of hydrogen-bond donors (Lipinski definition) is 1. The highest BCUT2D eigenvalue weighted by Gasteiger charge is 2.13. The zero-order valence-corrected chi connectivity index (χ0v) is 9.98. The molecule has 3 rings (SSSR count). The molecule has 2 N–H and O–H groups in total. The lowest BCUT2D eigenvalue weighted by molar-refractivity contribution is 0.882. The van der Waals surface area contributed by atoms with Crippen LogP contribution in [0.25, 0.3) is 17.0 Å². The van der Waals surface area contributed by atoms with E-state index in [0.717, 1.165) is 11.0 Å². The van der Waals surface area contributed by atoms with Crippen molar-refractivity contribution in [1.29, 1.82) is 5.26 Å². The summed E-state index contributed by atoms with van der Waals surface area (Å²) in [6, 6.07) is 11.3. The average molecular weight is 250 g/mol. The van der Waals surface area contributed by atoms with E-state index < -0.39 is 0 Å². The van der Waals surface area contributed by atoms with Gasteiger partial charge < -0.3 is 5.73 Å². The quantitative estimate of drug-likeness (QED) is 0.743. The van der Waals surface area contributed by atoms with Crippen LogP contribution in [0.4, 0.5) is 5.82 Å². The van der Waals surface area contributed by atoms with Crippen molar-refractivity contribution >= 4 is 16.9 Å². The van der Waals surface area contributed by atoms with E-state index in [2.05, 4.69) is 21.0 Å². The zero-order chi connectivity index (χ0) is 13.2. The number of rotatable bonds is 2. The van der Waals surface area contributed by atoms with Gasteiger partial charge in [-0.3, -0.25) is 4.57 Å². The predicted octanol–water partition coefficient (Wildman–Crippen LogP) is 1.46. The number of nitriles is 1. The molecule has 3 aromatic rings. The fraction of sp³-hybridized carbons (Fsp3) is 0.0769. The molecule has 0 amide bonds. The first-order valence-electron chi connectivity index (χ1n) is 5.72. The summed E-state index contributed by atoms with van der Waals surface area (Å²) in [6.07, 6.45) is 1.77. The molecule has 0 radical (unpaired) electrons. The Bertz CT molecular complexity index is 783. The number of aromatic nitrogens is 4. The van der Waals surface area contributed by atoms with E-state index in [4.69, 9.17) is 11.0 Å². The van der Waals surface area contributed by atoms with E-state index in [1.54, 1.807) is 16.8 Å². The Hall–Kier alpha value is -2.94. The number of benzene rings is 1. The molecule has 0 aliphatic carbocycles. The van der Waals surface area contributed by atoms with Gasteiger partial charge in [-0.2, -0.15) is 10.2 Å². The van der Waals surface area contributed by atoms with E-state index in [9.17, 15) is 0 Å². The van der Waals surface area contributed by atoms with E-state index in [-0.39, 0.29) is 6.42 Å². The number of anilines is 1. The maximum atomic E-state index is 8.90. The van der Waals surface area contributed by atoms with Gasteiger partial charge >= 0.3 is 0 Å². The monoisotopic (exact) mass is 250 g/mol. The van der Waals surface area contributed by atoms with Gasteiger partial charge in [-0.05, 0) is 18.2 Å². The Morgan fingerprint density at radius 2 is 2.05 bits per heavy atom. The lowest BCUT2D eigenvalue weighted by atomic mass is 10.3. The van der Waals surface area contributed by atoms with Gasteiger partial charge in [0, 0.05) is 6.20 Å². The minimum absolute atomic E-state index is 0.187. The lowest BCUT2D eigenvalue weighted by Crippen LogP contribution is -2.06. The SMILES string of the molecule is N#CCc1nc2ccccc2n1-c1nccc(N)n1. The highest BCUT2D eigenvalue weighted by atomic mass is 15.2. The van der Waals surface area contributed by atoms with E-state index in [1.165, 1.54) is 0 Å². The predicted molar refractivity (Wildman–Crippen MR) is 70.4 cm³/mol. The molecule has 6 heteroatoms. The molecule has 0 saturated carbocycles. The summed E-state index contributed by atoms with van der Waals surface area (Å²) in [7, 11) is 0. The van der Waals surface area contributed by atoms with Gasteiger partial charge in [-0.25, -0.2) is 9.97 Å². The summed E-state index contributed by atoms with van der Waals surface area (Å²) >= 11 is 0. The van der Waals surface area contributed by atoms with Crippen LogP contribution in [-0.2, 0) is 6.42 Å². The van der Waals surface area contributed by atoms with Crippen molar-refractivity contribution < 1.29 is 0 Å². The summed E-state index contributed by atoms with van der Waals surface area (Å²) in [5, 5.41) is 8.90. The second-order valence-electron chi connectivity index (χ2n) is 3.97. The average Bonchev–Trinajstić information content (AvgIpc) is 2.77. The molecule has 0 aliphatic rings. The number of hydrogen-bond acceptors (Lipinski definition) is 5. The van der Waals surface area contributed by atoms with Crippen molar-refractivity contribution in [2.24, 2.45) is 0 Å². The maximum Gasteiger partial charge on any atom is 0.237 e. The molecular formula is C13H10N6. The fourth-order valence-electron chi connectivity index (χ4n) is 1.96. The number of nitrogens with zero attached hydrogens (tertiary/aromatic N) is 5. The number of nitrogen functional groups attached to an aromatic ring is 1. The summed E-state index contributed by atoms with van der Waals surface area (Å²) in [5.41, 5.74) is 7.35. The molecule has 19 heavy (non-hydrogen) atoms. The second kappa shape index (κ2) is 4.38. The maximum absolute atomic E-state index is 8.90. The number of nitrogens with two attached hydrogens (primary N) is 1. The molecule has 0 fully saturated rings. The number of fused-ring (bicyclic) bond motifs is 1. The highest BCUT2D eigenvalue weighted by Crippen LogP contribution is 2.19. The van der Waals surface area contributed by atoms with Crippen LogP contribution in [0, 0.1) is 11.3 Å². The topological polar surface area (TPSA) is 93.4 Å². The molecule has 0 aliphatic heterocycles. The Kier molecular flexibility index (Phi) is 2.58. The largest absolute Gasteiger partial charge is 0.384 e. The fourth-order valence-corrected chi connectivity index (χ4v) is 1.96. The van der Waals surface area contributed by atoms with Crippen molar-refractivity contribution in [1.82, 2.24) is 19.5 Å². The molecular weight excluding hydrogens is 240 g/mol. The molecule has 0 unspecified atom stereocenters. The van der Waals surface area contributed by atoms with Crippen LogP contribution < -0.4 is 5.73 Å². The van der Waals surface area contributed by atoms with E-state index in [0.29, 0.717) is 17.6 Å². The summed E-state index contributed by atoms with van der Waals surface area (Å²) < 4.78 is 1.76. The smallest absolute Gasteiger partial charge is 0.237 e. The Morgan fingerprint density at radius 1 is 1.21 bits per heavy atom. The van der Waals surface area contributed by atoms with Gasteiger partial charge in [0.2, 0.25) is 5.95 Å². The van der Waals surface area contributed by atoms with Crippen LogP contribution in [0.15, 0.2) is 36.5 Å². The van der Waals surface area contributed by atoms with Gasteiger partial charge in [-0.15, -0.1) is 0 Å². The molecule has 2 aromatic heterocycles. The molecule has 0 atom stereocenters. The van der Waals surface area contributed by atoms with Gasteiger partial charge in [0.1, 0.15) is 11.6 Å². The molecule has 0 spiro atoms. The first-order valence-corrected chi connectivity index (χ1v) is 5.72. The van der Waals surface area contributed by atoms with Crippen molar-refractivity contribution in [2.45, 2.75) is 6.42 Å². The van der Waals surface area contributed by atoms with Crippen LogP contribution >= 0.6 is 0 Å². The van der Waals surface area contributed by atoms with Crippen LogP contribution in [-0.4, -0.2) is 19.5 Å². The first-order chi connectivity index (χ1) is 9.29. The second-order valence-corrected chi connectivity index (χ2v) is 3.97. The van der Waals surface area contributed by atoms with Gasteiger partial charge in [-0.1, -0.05) is 12.1 Å². The summed E-state index contributed by atoms with van der Waals surface area (Å²) in [6.45, 7) is 0. The van der Waals surface area contributed by atoms with Gasteiger partial charge in [0.05, 0.1) is 23.5 Å². The third kappa shape index (κ3) is 1.87. The Labute approximate surface area is 109 Å². The third-order valence-electron chi connectivity index (χ3n) is 2.73. The van der Waals surface area contributed by atoms with E-state index in [1.807, 2.05) is 24.3 Å². The standard InChI is InChI=1S/C13H10N6/c14-7-5-12-17-9-3-1-2-4-10(9)19(12)13-16-8-6-11(15)18-13/h1-4,6,8H,5H2,(H2,15,16,18). The molecule has 1 aromatic carbocycles. The van der Waals surface area contributed by atoms with Crippen LogP contribution in [0.3, 0.4) is 0 Å². The Morgan fingerprint density at radius 3 is 2.84 bits per heavy atom. The normalized spacial score (nSPS) is 10.5. The zero-order valence-electron chi connectivity index (χ0n) is 9.98. The van der Waals surface area contributed by atoms with E-state index >= 15 is 0 Å². The molecule has 0 bridgehead atoms. The minimum Gasteiger partial charge on any atom is -0.384 e. The first kappa shape index (κ1) is 11.2. The summed E-state index contributed by atoms with van der Waals surface area (Å²) in [5.74, 6) is 1.42. The van der Waals surface area contributed by atoms with Crippen molar-refractivity contribution in [3.8, 4) is 12.0 Å². The molecule has 6 nitrogen and oxygen atoms in total. The summed E-state index contributed by atoms with van der Waals surface area (Å²) in [4.78, 5) is 12.8. The van der Waals surface area contributed by atoms with Crippen molar-refractivity contribution in [3.05, 3.63) is 42.4 Å². The molecule has 0 saturated heterocycles. The van der Waals surface area contributed by atoms with Crippen molar-refractivity contribution in [2.75, 3.05) is 5.73 Å². The lowest BCUT2D eigenvalue weighted by Gasteiger charge is -2.05. The molecule has 2 heterocycles. The van der Waals surface area contributed by atoms with Crippen LogP contribution in [0.1, 0.15) is 5.82 Å². The third-order valence-corrected chi connectivity index (χ3v) is 2.73. The molecule has 92 valence electrons. The minimum atomic E-state index is 0.187. The van der Waals surface area contributed by atoms with Crippen molar-refractivity contribution in [3.63, 3.8) is 0 Å². The highest BCUT2D eigenvalue weighted by molar-refractivity contribution is 5.77.